The molecule has 0 atom stereocenters. The summed E-state index contributed by atoms with van der Waals surface area (Å²) in [6.07, 6.45) is 0.780. The number of rotatable bonds is 1. The van der Waals surface area contributed by atoms with Crippen molar-refractivity contribution in [3.8, 4) is 5.75 Å². The minimum absolute atomic E-state index is 0.0530. The molecule has 21 heavy (non-hydrogen) atoms. The van der Waals surface area contributed by atoms with Gasteiger partial charge in [-0.25, -0.2) is 0 Å². The van der Waals surface area contributed by atoms with E-state index in [1.54, 1.807) is 11.0 Å². The largest absolute Gasteiger partial charge is 0.507 e. The fraction of sp³-hybridized carbons (Fsp3) is 0.188. The number of hydrogen-bond donors (Lipinski definition) is 2. The fourth-order valence-corrected chi connectivity index (χ4v) is 2.77. The fourth-order valence-electron chi connectivity index (χ4n) is 2.60. The minimum Gasteiger partial charge on any atom is -0.507 e. The molecular formula is C16H15ClN2O2. The monoisotopic (exact) mass is 302 g/mol. The van der Waals surface area contributed by atoms with Crippen LogP contribution in [0.3, 0.4) is 0 Å². The predicted octanol–water partition coefficient (Wildman–Crippen LogP) is 2.83. The summed E-state index contributed by atoms with van der Waals surface area (Å²) < 4.78 is 0. The first kappa shape index (κ1) is 13.8. The summed E-state index contributed by atoms with van der Waals surface area (Å²) in [5, 5.41) is 10.3. The summed E-state index contributed by atoms with van der Waals surface area (Å²) in [7, 11) is 0. The van der Waals surface area contributed by atoms with Crippen molar-refractivity contribution < 1.29 is 9.90 Å². The lowest BCUT2D eigenvalue weighted by atomic mass is 9.98. The SMILES string of the molecule is Nc1ccc2c(c1)CN(C(=O)c1cc(Cl)ccc1O)CC2. The lowest BCUT2D eigenvalue weighted by Gasteiger charge is -2.29. The first-order chi connectivity index (χ1) is 10.0. The van der Waals surface area contributed by atoms with Gasteiger partial charge in [-0.15, -0.1) is 0 Å². The number of carbonyl (C=O) groups is 1. The summed E-state index contributed by atoms with van der Waals surface area (Å²) >= 11 is 5.90. The number of hydrogen-bond acceptors (Lipinski definition) is 3. The molecule has 0 saturated heterocycles. The van der Waals surface area contributed by atoms with Crippen LogP contribution in [0.5, 0.6) is 5.75 Å². The van der Waals surface area contributed by atoms with Crippen molar-refractivity contribution in [2.45, 2.75) is 13.0 Å². The summed E-state index contributed by atoms with van der Waals surface area (Å²) in [5.74, 6) is -0.272. The van der Waals surface area contributed by atoms with Gasteiger partial charge in [-0.2, -0.15) is 0 Å². The van der Waals surface area contributed by atoms with Crippen molar-refractivity contribution in [2.24, 2.45) is 0 Å². The standard InChI is InChI=1S/C16H15ClN2O2/c17-12-2-4-15(20)14(8-12)16(21)19-6-5-10-1-3-13(18)7-11(10)9-19/h1-4,7-8,20H,5-6,9,18H2. The molecule has 0 aliphatic carbocycles. The van der Waals surface area contributed by atoms with Crippen LogP contribution in [0.4, 0.5) is 5.69 Å². The quantitative estimate of drug-likeness (QED) is 0.796. The van der Waals surface area contributed by atoms with Crippen LogP contribution in [0, 0.1) is 0 Å². The highest BCUT2D eigenvalue weighted by Crippen LogP contribution is 2.27. The summed E-state index contributed by atoms with van der Waals surface area (Å²) in [6.45, 7) is 1.10. The third-order valence-corrected chi connectivity index (χ3v) is 3.95. The Bertz CT molecular complexity index is 715. The van der Waals surface area contributed by atoms with Crippen molar-refractivity contribution in [2.75, 3.05) is 12.3 Å². The highest BCUT2D eigenvalue weighted by Gasteiger charge is 2.23. The van der Waals surface area contributed by atoms with Gasteiger partial charge >= 0.3 is 0 Å². The lowest BCUT2D eigenvalue weighted by molar-refractivity contribution is 0.0731. The Hall–Kier alpha value is -2.20. The smallest absolute Gasteiger partial charge is 0.257 e. The van der Waals surface area contributed by atoms with Crippen LogP contribution in [0.2, 0.25) is 5.02 Å². The van der Waals surface area contributed by atoms with Gasteiger partial charge in [0.15, 0.2) is 0 Å². The van der Waals surface area contributed by atoms with Gasteiger partial charge in [-0.1, -0.05) is 17.7 Å². The molecule has 0 radical (unpaired) electrons. The van der Waals surface area contributed by atoms with Gasteiger partial charge in [-0.05, 0) is 47.9 Å². The maximum Gasteiger partial charge on any atom is 0.257 e. The number of halogens is 1. The molecule has 5 heteroatoms. The second kappa shape index (κ2) is 5.30. The van der Waals surface area contributed by atoms with E-state index in [9.17, 15) is 9.90 Å². The Labute approximate surface area is 127 Å². The molecule has 3 rings (SSSR count). The summed E-state index contributed by atoms with van der Waals surface area (Å²) in [4.78, 5) is 14.2. The first-order valence-electron chi connectivity index (χ1n) is 6.69. The van der Waals surface area contributed by atoms with E-state index in [1.165, 1.54) is 17.7 Å². The second-order valence-corrected chi connectivity index (χ2v) is 5.60. The van der Waals surface area contributed by atoms with Crippen molar-refractivity contribution in [1.29, 1.82) is 0 Å². The molecule has 108 valence electrons. The van der Waals surface area contributed by atoms with E-state index >= 15 is 0 Å². The zero-order chi connectivity index (χ0) is 15.0. The third kappa shape index (κ3) is 2.67. The first-order valence-corrected chi connectivity index (χ1v) is 7.07. The number of benzene rings is 2. The predicted molar refractivity (Wildman–Crippen MR) is 82.4 cm³/mol. The Morgan fingerprint density at radius 2 is 2.00 bits per heavy atom. The van der Waals surface area contributed by atoms with Gasteiger partial charge in [0.25, 0.3) is 5.91 Å². The van der Waals surface area contributed by atoms with Crippen LogP contribution >= 0.6 is 11.6 Å². The zero-order valence-corrected chi connectivity index (χ0v) is 12.1. The molecule has 0 aromatic heterocycles. The number of nitrogens with two attached hydrogens (primary N) is 1. The Morgan fingerprint density at radius 1 is 1.19 bits per heavy atom. The van der Waals surface area contributed by atoms with Crippen LogP contribution in [0.1, 0.15) is 21.5 Å². The molecule has 0 fully saturated rings. The number of fused-ring (bicyclic) bond motifs is 1. The molecule has 4 nitrogen and oxygen atoms in total. The average Bonchev–Trinajstić information content (AvgIpc) is 2.48. The van der Waals surface area contributed by atoms with Gasteiger partial charge in [0, 0.05) is 23.8 Å². The van der Waals surface area contributed by atoms with Crippen molar-refractivity contribution >= 4 is 23.2 Å². The van der Waals surface area contributed by atoms with E-state index < -0.39 is 0 Å². The van der Waals surface area contributed by atoms with Crippen LogP contribution in [0.15, 0.2) is 36.4 Å². The van der Waals surface area contributed by atoms with E-state index in [0.29, 0.717) is 23.8 Å². The van der Waals surface area contributed by atoms with E-state index in [-0.39, 0.29) is 17.2 Å². The molecule has 0 saturated carbocycles. The van der Waals surface area contributed by atoms with Crippen LogP contribution in [-0.2, 0) is 13.0 Å². The second-order valence-electron chi connectivity index (χ2n) is 5.17. The molecule has 0 unspecified atom stereocenters. The normalized spacial score (nSPS) is 13.9. The summed E-state index contributed by atoms with van der Waals surface area (Å²) in [5.41, 5.74) is 8.98. The molecule has 1 heterocycles. The number of nitrogen functional groups attached to an aromatic ring is 1. The molecular weight excluding hydrogens is 288 g/mol. The summed E-state index contributed by atoms with van der Waals surface area (Å²) in [6, 6.07) is 10.3. The average molecular weight is 303 g/mol. The van der Waals surface area contributed by atoms with Gasteiger partial charge in [0.1, 0.15) is 5.75 Å². The Balaban J connectivity index is 1.88. The molecule has 1 aliphatic rings. The van der Waals surface area contributed by atoms with Gasteiger partial charge in [0.2, 0.25) is 0 Å². The maximum absolute atomic E-state index is 12.5. The number of aromatic hydroxyl groups is 1. The number of phenolic OH excluding ortho intramolecular Hbond substituents is 1. The number of carbonyl (C=O) groups excluding carboxylic acids is 1. The van der Waals surface area contributed by atoms with Gasteiger partial charge in [-0.3, -0.25) is 4.79 Å². The number of phenols is 1. The molecule has 2 aromatic carbocycles. The number of amides is 1. The molecule has 0 spiro atoms. The Morgan fingerprint density at radius 3 is 2.81 bits per heavy atom. The number of anilines is 1. The molecule has 0 bridgehead atoms. The van der Waals surface area contributed by atoms with E-state index in [2.05, 4.69) is 0 Å². The highest BCUT2D eigenvalue weighted by atomic mass is 35.5. The van der Waals surface area contributed by atoms with Crippen LogP contribution in [-0.4, -0.2) is 22.5 Å². The van der Waals surface area contributed by atoms with E-state index in [1.807, 2.05) is 18.2 Å². The van der Waals surface area contributed by atoms with Crippen molar-refractivity contribution in [3.63, 3.8) is 0 Å². The lowest BCUT2D eigenvalue weighted by Crippen LogP contribution is -2.36. The maximum atomic E-state index is 12.5. The molecule has 3 N–H and O–H groups in total. The third-order valence-electron chi connectivity index (χ3n) is 3.72. The number of nitrogens with zero attached hydrogens (tertiary/aromatic N) is 1. The molecule has 1 amide bonds. The molecule has 2 aromatic rings. The topological polar surface area (TPSA) is 66.6 Å². The van der Waals surface area contributed by atoms with Crippen molar-refractivity contribution in [1.82, 2.24) is 4.90 Å². The van der Waals surface area contributed by atoms with E-state index in [4.69, 9.17) is 17.3 Å². The zero-order valence-electron chi connectivity index (χ0n) is 11.3. The Kier molecular flexibility index (Phi) is 3.47. The van der Waals surface area contributed by atoms with Gasteiger partial charge < -0.3 is 15.7 Å². The van der Waals surface area contributed by atoms with Crippen LogP contribution < -0.4 is 5.73 Å². The van der Waals surface area contributed by atoms with Crippen molar-refractivity contribution in [3.05, 3.63) is 58.1 Å². The highest BCUT2D eigenvalue weighted by molar-refractivity contribution is 6.31. The minimum atomic E-state index is -0.219. The van der Waals surface area contributed by atoms with E-state index in [0.717, 1.165) is 12.0 Å². The van der Waals surface area contributed by atoms with Crippen LogP contribution in [0.25, 0.3) is 0 Å². The van der Waals surface area contributed by atoms with Gasteiger partial charge in [0.05, 0.1) is 5.56 Å². The molecule has 1 aliphatic heterocycles.